The molecule has 0 amide bonds. The Hall–Kier alpha value is -1.43. The molecular weight excluding hydrogens is 234 g/mol. The second kappa shape index (κ2) is 5.48. The Bertz CT molecular complexity index is 421. The molecule has 0 aliphatic carbocycles. The molecule has 6 heteroatoms. The van der Waals surface area contributed by atoms with Crippen molar-refractivity contribution in [2.75, 3.05) is 6.61 Å². The minimum atomic E-state index is -0.933. The largest absolute Gasteiger partial charge is 0.480 e. The Morgan fingerprint density at radius 3 is 2.50 bits per heavy atom. The highest BCUT2D eigenvalue weighted by molar-refractivity contribution is 5.72. The van der Waals surface area contributed by atoms with Crippen molar-refractivity contribution in [2.45, 2.75) is 52.7 Å². The number of aryl methyl sites for hydroxylation is 2. The second-order valence-corrected chi connectivity index (χ2v) is 5.16. The predicted molar refractivity (Wildman–Crippen MR) is 66.5 cm³/mol. The van der Waals surface area contributed by atoms with Gasteiger partial charge >= 0.3 is 5.97 Å². The van der Waals surface area contributed by atoms with E-state index in [2.05, 4.69) is 10.2 Å². The lowest BCUT2D eigenvalue weighted by Gasteiger charge is -2.24. The lowest BCUT2D eigenvalue weighted by Crippen LogP contribution is -2.31. The van der Waals surface area contributed by atoms with Crippen LogP contribution in [0.25, 0.3) is 0 Å². The van der Waals surface area contributed by atoms with Crippen LogP contribution in [0.1, 0.15) is 45.4 Å². The molecule has 1 unspecified atom stereocenters. The van der Waals surface area contributed by atoms with Crippen molar-refractivity contribution < 1.29 is 14.6 Å². The Balaban J connectivity index is 2.98. The van der Waals surface area contributed by atoms with Gasteiger partial charge in [-0.25, -0.2) is 4.79 Å². The maximum absolute atomic E-state index is 11.4. The molecule has 1 rings (SSSR count). The summed E-state index contributed by atoms with van der Waals surface area (Å²) < 4.78 is 7.21. The first-order chi connectivity index (χ1) is 8.26. The molecule has 1 aromatic rings. The molecule has 0 fully saturated rings. The molecule has 1 aromatic heterocycles. The molecule has 0 saturated heterocycles. The lowest BCUT2D eigenvalue weighted by atomic mass is 10.2. The number of rotatable bonds is 5. The smallest absolute Gasteiger partial charge is 0.329 e. The fraction of sp³-hybridized carbons (Fsp3) is 0.750. The third kappa shape index (κ3) is 3.53. The van der Waals surface area contributed by atoms with Gasteiger partial charge in [0.05, 0.1) is 12.2 Å². The number of hydrogen-bond acceptors (Lipinski definition) is 4. The average molecular weight is 255 g/mol. The molecule has 6 nitrogen and oxygen atoms in total. The summed E-state index contributed by atoms with van der Waals surface area (Å²) in [6.07, 6.45) is 0.639. The van der Waals surface area contributed by atoms with Crippen molar-refractivity contribution in [2.24, 2.45) is 0 Å². The molecule has 0 bridgehead atoms. The highest BCUT2D eigenvalue weighted by atomic mass is 16.5. The van der Waals surface area contributed by atoms with Crippen molar-refractivity contribution in [1.29, 1.82) is 0 Å². The van der Waals surface area contributed by atoms with E-state index < -0.39 is 12.0 Å². The number of carboxylic acids is 1. The monoisotopic (exact) mass is 255 g/mol. The van der Waals surface area contributed by atoms with Crippen molar-refractivity contribution >= 4 is 5.97 Å². The minimum Gasteiger partial charge on any atom is -0.480 e. The van der Waals surface area contributed by atoms with Crippen LogP contribution in [-0.2, 0) is 16.0 Å². The molecular formula is C12H21N3O3. The Kier molecular flexibility index (Phi) is 4.45. The second-order valence-electron chi connectivity index (χ2n) is 5.16. The maximum atomic E-state index is 11.4. The number of nitrogens with zero attached hydrogens (tertiary/aromatic N) is 3. The zero-order chi connectivity index (χ0) is 13.9. The average Bonchev–Trinajstić information content (AvgIpc) is 2.59. The molecule has 18 heavy (non-hydrogen) atoms. The van der Waals surface area contributed by atoms with Gasteiger partial charge in [-0.2, -0.15) is 0 Å². The molecule has 0 radical (unpaired) electrons. The molecule has 0 spiro atoms. The van der Waals surface area contributed by atoms with Crippen LogP contribution in [0.4, 0.5) is 0 Å². The quantitative estimate of drug-likeness (QED) is 0.864. The number of aromatic nitrogens is 3. The van der Waals surface area contributed by atoms with E-state index in [0.717, 1.165) is 0 Å². The van der Waals surface area contributed by atoms with Gasteiger partial charge in [0.2, 0.25) is 0 Å². The van der Waals surface area contributed by atoms with Crippen molar-refractivity contribution in [3.8, 4) is 0 Å². The van der Waals surface area contributed by atoms with Crippen molar-refractivity contribution in [3.05, 3.63) is 11.6 Å². The molecule has 1 atom stereocenters. The Morgan fingerprint density at radius 2 is 2.06 bits per heavy atom. The van der Waals surface area contributed by atoms with Crippen LogP contribution in [0.3, 0.4) is 0 Å². The molecule has 0 aromatic carbocycles. The highest BCUT2D eigenvalue weighted by Crippen LogP contribution is 2.17. The van der Waals surface area contributed by atoms with Crippen LogP contribution in [0.5, 0.6) is 0 Å². The highest BCUT2D eigenvalue weighted by Gasteiger charge is 2.26. The zero-order valence-electron chi connectivity index (χ0n) is 11.6. The fourth-order valence-corrected chi connectivity index (χ4v) is 1.64. The number of aliphatic carboxylic acids is 1. The van der Waals surface area contributed by atoms with Gasteiger partial charge in [-0.05, 0) is 27.7 Å². The van der Waals surface area contributed by atoms with E-state index in [1.165, 1.54) is 0 Å². The molecule has 102 valence electrons. The number of hydrogen-bond donors (Lipinski definition) is 1. The van der Waals surface area contributed by atoms with E-state index >= 15 is 0 Å². The Labute approximate surface area is 107 Å². The molecule has 0 saturated carbocycles. The van der Waals surface area contributed by atoms with Gasteiger partial charge in [0.25, 0.3) is 0 Å². The van der Waals surface area contributed by atoms with E-state index in [4.69, 9.17) is 4.74 Å². The minimum absolute atomic E-state index is 0.102. The van der Waals surface area contributed by atoms with E-state index in [0.29, 0.717) is 18.1 Å². The summed E-state index contributed by atoms with van der Waals surface area (Å²) in [7, 11) is 0. The lowest BCUT2D eigenvalue weighted by molar-refractivity contribution is -0.145. The number of carbonyl (C=O) groups is 1. The first kappa shape index (κ1) is 14.6. The van der Waals surface area contributed by atoms with Gasteiger partial charge in [-0.15, -0.1) is 10.2 Å². The van der Waals surface area contributed by atoms with Gasteiger partial charge < -0.3 is 9.84 Å². The SMILES string of the molecule is CCc1nnc(C)n1C(COC(C)(C)C)C(=O)O. The third-order valence-corrected chi connectivity index (χ3v) is 2.52. The first-order valence-corrected chi connectivity index (χ1v) is 6.03. The third-order valence-electron chi connectivity index (χ3n) is 2.52. The van der Waals surface area contributed by atoms with Crippen molar-refractivity contribution in [3.63, 3.8) is 0 Å². The van der Waals surface area contributed by atoms with Crippen LogP contribution in [-0.4, -0.2) is 38.0 Å². The maximum Gasteiger partial charge on any atom is 0.329 e. The fourth-order valence-electron chi connectivity index (χ4n) is 1.64. The first-order valence-electron chi connectivity index (χ1n) is 6.03. The molecule has 1 heterocycles. The van der Waals surface area contributed by atoms with Crippen LogP contribution in [0.15, 0.2) is 0 Å². The zero-order valence-corrected chi connectivity index (χ0v) is 11.6. The molecule has 0 aliphatic rings. The summed E-state index contributed by atoms with van der Waals surface area (Å²) in [5.74, 6) is 0.325. The van der Waals surface area contributed by atoms with Gasteiger partial charge in [0.1, 0.15) is 11.6 Å². The molecule has 0 aliphatic heterocycles. The van der Waals surface area contributed by atoms with E-state index in [9.17, 15) is 9.90 Å². The topological polar surface area (TPSA) is 77.2 Å². The summed E-state index contributed by atoms with van der Waals surface area (Å²) in [5, 5.41) is 17.2. The van der Waals surface area contributed by atoms with Crippen molar-refractivity contribution in [1.82, 2.24) is 14.8 Å². The van der Waals surface area contributed by atoms with E-state index in [1.54, 1.807) is 11.5 Å². The molecule has 1 N–H and O–H groups in total. The van der Waals surface area contributed by atoms with Gasteiger partial charge in [0.15, 0.2) is 6.04 Å². The standard InChI is InChI=1S/C12H21N3O3/c1-6-10-14-13-8(2)15(10)9(11(16)17)7-18-12(3,4)5/h9H,6-7H2,1-5H3,(H,16,17). The van der Waals surface area contributed by atoms with Crippen LogP contribution in [0, 0.1) is 6.92 Å². The van der Waals surface area contributed by atoms with E-state index in [-0.39, 0.29) is 12.2 Å². The van der Waals surface area contributed by atoms with Crippen LogP contribution < -0.4 is 0 Å². The number of ether oxygens (including phenoxy) is 1. The van der Waals surface area contributed by atoms with E-state index in [1.807, 2.05) is 27.7 Å². The summed E-state index contributed by atoms with van der Waals surface area (Å²) >= 11 is 0. The summed E-state index contributed by atoms with van der Waals surface area (Å²) in [5.41, 5.74) is -0.373. The van der Waals surface area contributed by atoms with Gasteiger partial charge in [0, 0.05) is 6.42 Å². The summed E-state index contributed by atoms with van der Waals surface area (Å²) in [4.78, 5) is 11.4. The van der Waals surface area contributed by atoms with Gasteiger partial charge in [-0.1, -0.05) is 6.92 Å². The normalized spacial score (nSPS) is 13.6. The predicted octanol–water partition coefficient (Wildman–Crippen LogP) is 1.59. The Morgan fingerprint density at radius 1 is 1.44 bits per heavy atom. The summed E-state index contributed by atoms with van der Waals surface area (Å²) in [6.45, 7) is 9.45. The van der Waals surface area contributed by atoms with Crippen LogP contribution in [0.2, 0.25) is 0 Å². The number of carboxylic acid groups (broad SMARTS) is 1. The summed E-state index contributed by atoms with van der Waals surface area (Å²) in [6, 6.07) is -0.783. The van der Waals surface area contributed by atoms with Crippen LogP contribution >= 0.6 is 0 Å². The van der Waals surface area contributed by atoms with Gasteiger partial charge in [-0.3, -0.25) is 4.57 Å².